The van der Waals surface area contributed by atoms with Crippen LogP contribution in [0, 0.1) is 5.82 Å². The quantitative estimate of drug-likeness (QED) is 0.732. The number of fused-ring (bicyclic) bond motifs is 5. The summed E-state index contributed by atoms with van der Waals surface area (Å²) in [5.74, 6) is -0.471. The van der Waals surface area contributed by atoms with Gasteiger partial charge in [-0.2, -0.15) is 9.78 Å². The van der Waals surface area contributed by atoms with Crippen LogP contribution in [0.1, 0.15) is 24.1 Å². The molecule has 5 heterocycles. The Balaban J connectivity index is 1.55. The standard InChI is InChI=1S/C20H22ClFN4O2/c21-16-11-13(1-2-17(16)22)19-15-12-28-10-5-18(15)26(23-19)20(27)25-9-8-24-6-3-14(25)4-7-24/h1-2,11,14H,3-10,12H2. The van der Waals surface area contributed by atoms with E-state index in [2.05, 4.69) is 10.00 Å². The summed E-state index contributed by atoms with van der Waals surface area (Å²) in [5, 5.41) is 4.72. The van der Waals surface area contributed by atoms with E-state index in [1.807, 2.05) is 4.90 Å². The Morgan fingerprint density at radius 1 is 1.21 bits per heavy atom. The maximum atomic E-state index is 13.6. The van der Waals surface area contributed by atoms with Gasteiger partial charge in [-0.1, -0.05) is 11.6 Å². The van der Waals surface area contributed by atoms with Gasteiger partial charge in [0, 0.05) is 49.8 Å². The Kier molecular flexibility index (Phi) is 4.61. The van der Waals surface area contributed by atoms with Gasteiger partial charge in [-0.3, -0.25) is 0 Å². The summed E-state index contributed by atoms with van der Waals surface area (Å²) < 4.78 is 20.8. The molecule has 8 heteroatoms. The second-order valence-electron chi connectivity index (χ2n) is 7.67. The summed E-state index contributed by atoms with van der Waals surface area (Å²) >= 11 is 5.98. The van der Waals surface area contributed by atoms with Crippen molar-refractivity contribution >= 4 is 17.6 Å². The maximum Gasteiger partial charge on any atom is 0.345 e. The fourth-order valence-corrected chi connectivity index (χ4v) is 4.71. The van der Waals surface area contributed by atoms with Crippen molar-refractivity contribution in [2.75, 3.05) is 32.8 Å². The number of ether oxygens (including phenoxy) is 1. The van der Waals surface area contributed by atoms with Gasteiger partial charge in [-0.15, -0.1) is 0 Å². The van der Waals surface area contributed by atoms with Crippen LogP contribution in [0.5, 0.6) is 0 Å². The van der Waals surface area contributed by atoms with Crippen LogP contribution >= 0.6 is 11.6 Å². The average Bonchev–Trinajstić information content (AvgIpc) is 2.85. The first-order valence-corrected chi connectivity index (χ1v) is 10.2. The molecule has 0 spiro atoms. The largest absolute Gasteiger partial charge is 0.376 e. The van der Waals surface area contributed by atoms with E-state index >= 15 is 0 Å². The van der Waals surface area contributed by atoms with Crippen molar-refractivity contribution in [3.8, 4) is 11.3 Å². The number of nitrogens with zero attached hydrogens (tertiary/aromatic N) is 4. The molecular weight excluding hydrogens is 383 g/mol. The van der Waals surface area contributed by atoms with E-state index in [1.54, 1.807) is 16.8 Å². The number of rotatable bonds is 1. The molecule has 0 saturated carbocycles. The zero-order valence-electron chi connectivity index (χ0n) is 15.5. The van der Waals surface area contributed by atoms with Gasteiger partial charge in [0.2, 0.25) is 0 Å². The van der Waals surface area contributed by atoms with Gasteiger partial charge < -0.3 is 14.5 Å². The Labute approximate surface area is 167 Å². The van der Waals surface area contributed by atoms with E-state index < -0.39 is 5.82 Å². The number of hydrogen-bond acceptors (Lipinski definition) is 4. The highest BCUT2D eigenvalue weighted by Gasteiger charge is 2.35. The van der Waals surface area contributed by atoms with Crippen molar-refractivity contribution in [1.82, 2.24) is 19.6 Å². The molecule has 148 valence electrons. The second kappa shape index (κ2) is 7.13. The molecule has 0 atom stereocenters. The van der Waals surface area contributed by atoms with E-state index in [4.69, 9.17) is 16.3 Å². The molecule has 2 bridgehead atoms. The molecule has 0 unspecified atom stereocenters. The Morgan fingerprint density at radius 3 is 2.82 bits per heavy atom. The van der Waals surface area contributed by atoms with Gasteiger partial charge in [0.15, 0.2) is 0 Å². The molecule has 0 N–H and O–H groups in total. The van der Waals surface area contributed by atoms with E-state index in [-0.39, 0.29) is 17.1 Å². The van der Waals surface area contributed by atoms with E-state index in [9.17, 15) is 9.18 Å². The normalized spacial score (nSPS) is 24.1. The molecule has 6 nitrogen and oxygen atoms in total. The molecule has 4 aliphatic heterocycles. The Hall–Kier alpha value is -1.96. The highest BCUT2D eigenvalue weighted by Crippen LogP contribution is 2.32. The van der Waals surface area contributed by atoms with Crippen molar-refractivity contribution in [2.45, 2.75) is 31.9 Å². The molecule has 2 aromatic rings. The highest BCUT2D eigenvalue weighted by atomic mass is 35.5. The molecule has 1 aromatic carbocycles. The number of carbonyl (C=O) groups is 1. The molecule has 1 amide bonds. The van der Waals surface area contributed by atoms with Crippen LogP contribution in [0.15, 0.2) is 18.2 Å². The first kappa shape index (κ1) is 18.1. The van der Waals surface area contributed by atoms with Crippen LogP contribution < -0.4 is 0 Å². The van der Waals surface area contributed by atoms with Gasteiger partial charge in [0.05, 0.1) is 29.6 Å². The molecule has 28 heavy (non-hydrogen) atoms. The molecular formula is C20H22ClFN4O2. The lowest BCUT2D eigenvalue weighted by Gasteiger charge is -2.31. The van der Waals surface area contributed by atoms with Gasteiger partial charge >= 0.3 is 6.03 Å². The van der Waals surface area contributed by atoms with Crippen LogP contribution in [0.4, 0.5) is 9.18 Å². The van der Waals surface area contributed by atoms with Crippen LogP contribution in [-0.2, 0) is 17.8 Å². The van der Waals surface area contributed by atoms with Crippen LogP contribution in [0.3, 0.4) is 0 Å². The molecule has 6 rings (SSSR count). The lowest BCUT2D eigenvalue weighted by atomic mass is 10.0. The SMILES string of the molecule is O=C(N1CCN2CCC1CC2)n1nc(-c2ccc(F)c(Cl)c2)c2c1CCOC2. The van der Waals surface area contributed by atoms with E-state index in [0.717, 1.165) is 50.3 Å². The van der Waals surface area contributed by atoms with Crippen LogP contribution in [-0.4, -0.2) is 64.4 Å². The number of hydrogen-bond donors (Lipinski definition) is 0. The Bertz CT molecular complexity index is 923. The third-order valence-electron chi connectivity index (χ3n) is 6.09. The third-order valence-corrected chi connectivity index (χ3v) is 6.38. The highest BCUT2D eigenvalue weighted by molar-refractivity contribution is 6.31. The lowest BCUT2D eigenvalue weighted by Crippen LogP contribution is -2.44. The van der Waals surface area contributed by atoms with Gasteiger partial charge in [0.1, 0.15) is 5.82 Å². The second-order valence-corrected chi connectivity index (χ2v) is 8.07. The van der Waals surface area contributed by atoms with Crippen molar-refractivity contribution < 1.29 is 13.9 Å². The minimum Gasteiger partial charge on any atom is -0.376 e. The van der Waals surface area contributed by atoms with Crippen LogP contribution in [0.25, 0.3) is 11.3 Å². The summed E-state index contributed by atoms with van der Waals surface area (Å²) in [4.78, 5) is 17.9. The van der Waals surface area contributed by atoms with Crippen molar-refractivity contribution in [3.05, 3.63) is 40.3 Å². The number of aromatic nitrogens is 2. The van der Waals surface area contributed by atoms with Crippen molar-refractivity contribution in [1.29, 1.82) is 0 Å². The summed E-state index contributed by atoms with van der Waals surface area (Å²) in [6.45, 7) is 4.70. The Morgan fingerprint density at radius 2 is 2.04 bits per heavy atom. The van der Waals surface area contributed by atoms with E-state index in [0.29, 0.717) is 30.9 Å². The number of amides is 1. The smallest absolute Gasteiger partial charge is 0.345 e. The number of carbonyl (C=O) groups excluding carboxylic acids is 1. The molecule has 4 aliphatic rings. The van der Waals surface area contributed by atoms with Gasteiger partial charge in [0.25, 0.3) is 0 Å². The summed E-state index contributed by atoms with van der Waals surface area (Å²) in [5.41, 5.74) is 3.13. The minimum atomic E-state index is -0.471. The summed E-state index contributed by atoms with van der Waals surface area (Å²) in [7, 11) is 0. The van der Waals surface area contributed by atoms with Crippen molar-refractivity contribution in [2.24, 2.45) is 0 Å². The monoisotopic (exact) mass is 404 g/mol. The summed E-state index contributed by atoms with van der Waals surface area (Å²) in [6, 6.07) is 4.75. The first-order valence-electron chi connectivity index (χ1n) is 9.79. The number of halogens is 2. The van der Waals surface area contributed by atoms with Gasteiger partial charge in [-0.25, -0.2) is 9.18 Å². The topological polar surface area (TPSA) is 50.6 Å². The lowest BCUT2D eigenvalue weighted by molar-refractivity contribution is 0.108. The number of benzene rings is 1. The minimum absolute atomic E-state index is 0.0439. The zero-order valence-corrected chi connectivity index (χ0v) is 16.3. The third kappa shape index (κ3) is 3.02. The molecule has 3 saturated heterocycles. The van der Waals surface area contributed by atoms with Crippen LogP contribution in [0.2, 0.25) is 5.02 Å². The fraction of sp³-hybridized carbons (Fsp3) is 0.500. The average molecular weight is 405 g/mol. The van der Waals surface area contributed by atoms with E-state index in [1.165, 1.54) is 6.07 Å². The van der Waals surface area contributed by atoms with Crippen molar-refractivity contribution in [3.63, 3.8) is 0 Å². The molecule has 0 radical (unpaired) electrons. The summed E-state index contributed by atoms with van der Waals surface area (Å²) in [6.07, 6.45) is 2.66. The number of piperidine rings is 1. The molecule has 0 aliphatic carbocycles. The predicted octanol–water partition coefficient (Wildman–Crippen LogP) is 3.16. The molecule has 3 fully saturated rings. The molecule has 1 aromatic heterocycles. The zero-order chi connectivity index (χ0) is 19.3. The fourth-order valence-electron chi connectivity index (χ4n) is 4.53. The first-order chi connectivity index (χ1) is 13.6. The maximum absolute atomic E-state index is 13.6. The van der Waals surface area contributed by atoms with Gasteiger partial charge in [-0.05, 0) is 31.0 Å². The predicted molar refractivity (Wildman–Crippen MR) is 103 cm³/mol.